The van der Waals surface area contributed by atoms with E-state index in [9.17, 15) is 0 Å². The predicted octanol–water partition coefficient (Wildman–Crippen LogP) is 1.95. The topological polar surface area (TPSA) is 55.5 Å². The van der Waals surface area contributed by atoms with Gasteiger partial charge in [-0.15, -0.1) is 0 Å². The summed E-state index contributed by atoms with van der Waals surface area (Å²) in [6, 6.07) is 5.47. The van der Waals surface area contributed by atoms with Gasteiger partial charge < -0.3 is 15.6 Å². The van der Waals surface area contributed by atoms with E-state index >= 15 is 0 Å². The SMILES string of the molecule is CC(O)CCOc1ccc(CN)cc1Cl. The second kappa shape index (κ2) is 5.95. The van der Waals surface area contributed by atoms with Gasteiger partial charge in [-0.1, -0.05) is 17.7 Å². The Balaban J connectivity index is 2.54. The standard InChI is InChI=1S/C11H16ClNO2/c1-8(14)4-5-15-11-3-2-9(7-13)6-10(11)12/h2-3,6,8,14H,4-5,7,13H2,1H3. The van der Waals surface area contributed by atoms with Crippen LogP contribution in [0.5, 0.6) is 5.75 Å². The highest BCUT2D eigenvalue weighted by Gasteiger charge is 2.03. The van der Waals surface area contributed by atoms with Gasteiger partial charge in [0.05, 0.1) is 17.7 Å². The van der Waals surface area contributed by atoms with E-state index in [2.05, 4.69) is 0 Å². The first-order chi connectivity index (χ1) is 7.13. The van der Waals surface area contributed by atoms with Gasteiger partial charge in [-0.25, -0.2) is 0 Å². The molecule has 84 valence electrons. The Morgan fingerprint density at radius 3 is 2.80 bits per heavy atom. The number of halogens is 1. The fourth-order valence-corrected chi connectivity index (χ4v) is 1.39. The van der Waals surface area contributed by atoms with Crippen molar-refractivity contribution < 1.29 is 9.84 Å². The molecule has 1 aromatic carbocycles. The number of benzene rings is 1. The van der Waals surface area contributed by atoms with Crippen LogP contribution in [0, 0.1) is 0 Å². The van der Waals surface area contributed by atoms with Crippen LogP contribution in [0.3, 0.4) is 0 Å². The number of hydrogen-bond acceptors (Lipinski definition) is 3. The highest BCUT2D eigenvalue weighted by atomic mass is 35.5. The van der Waals surface area contributed by atoms with Crippen LogP contribution < -0.4 is 10.5 Å². The van der Waals surface area contributed by atoms with E-state index in [1.54, 1.807) is 19.1 Å². The molecule has 0 spiro atoms. The minimum absolute atomic E-state index is 0.355. The lowest BCUT2D eigenvalue weighted by molar-refractivity contribution is 0.155. The number of aliphatic hydroxyl groups excluding tert-OH is 1. The smallest absolute Gasteiger partial charge is 0.137 e. The molecule has 0 aliphatic heterocycles. The first-order valence-electron chi connectivity index (χ1n) is 4.93. The molecule has 0 bridgehead atoms. The zero-order chi connectivity index (χ0) is 11.3. The molecule has 0 aliphatic rings. The maximum Gasteiger partial charge on any atom is 0.137 e. The van der Waals surface area contributed by atoms with Crippen molar-refractivity contribution in [1.29, 1.82) is 0 Å². The van der Waals surface area contributed by atoms with Crippen molar-refractivity contribution in [2.75, 3.05) is 6.61 Å². The molecule has 15 heavy (non-hydrogen) atoms. The summed E-state index contributed by atoms with van der Waals surface area (Å²) in [6.45, 7) is 2.65. The zero-order valence-corrected chi connectivity index (χ0v) is 9.50. The molecule has 0 saturated heterocycles. The lowest BCUT2D eigenvalue weighted by atomic mass is 10.2. The molecule has 1 atom stereocenters. The largest absolute Gasteiger partial charge is 0.492 e. The van der Waals surface area contributed by atoms with E-state index in [1.807, 2.05) is 6.07 Å². The van der Waals surface area contributed by atoms with Crippen molar-refractivity contribution in [2.24, 2.45) is 5.73 Å². The zero-order valence-electron chi connectivity index (χ0n) is 8.74. The highest BCUT2D eigenvalue weighted by molar-refractivity contribution is 6.32. The highest BCUT2D eigenvalue weighted by Crippen LogP contribution is 2.25. The van der Waals surface area contributed by atoms with E-state index in [0.717, 1.165) is 5.56 Å². The third kappa shape index (κ3) is 4.08. The van der Waals surface area contributed by atoms with Gasteiger partial charge in [-0.05, 0) is 24.6 Å². The van der Waals surface area contributed by atoms with E-state index in [-0.39, 0.29) is 6.10 Å². The van der Waals surface area contributed by atoms with Crippen LogP contribution in [-0.4, -0.2) is 17.8 Å². The summed E-state index contributed by atoms with van der Waals surface area (Å²) in [5.41, 5.74) is 6.45. The molecule has 1 rings (SSSR count). The Kier molecular flexibility index (Phi) is 4.88. The van der Waals surface area contributed by atoms with Crippen molar-refractivity contribution in [1.82, 2.24) is 0 Å². The van der Waals surface area contributed by atoms with E-state index in [4.69, 9.17) is 27.2 Å². The quantitative estimate of drug-likeness (QED) is 0.812. The van der Waals surface area contributed by atoms with Gasteiger partial charge >= 0.3 is 0 Å². The van der Waals surface area contributed by atoms with Gasteiger partial charge in [0.2, 0.25) is 0 Å². The predicted molar refractivity (Wildman–Crippen MR) is 61.1 cm³/mol. The van der Waals surface area contributed by atoms with Gasteiger partial charge in [-0.2, -0.15) is 0 Å². The molecular formula is C11H16ClNO2. The summed E-state index contributed by atoms with van der Waals surface area (Å²) < 4.78 is 5.41. The van der Waals surface area contributed by atoms with Crippen molar-refractivity contribution in [3.05, 3.63) is 28.8 Å². The maximum atomic E-state index is 9.05. The van der Waals surface area contributed by atoms with Crippen LogP contribution >= 0.6 is 11.6 Å². The van der Waals surface area contributed by atoms with Crippen molar-refractivity contribution in [3.8, 4) is 5.75 Å². The summed E-state index contributed by atoms with van der Waals surface area (Å²) in [7, 11) is 0. The second-order valence-corrected chi connectivity index (χ2v) is 3.86. The molecule has 0 amide bonds. The molecule has 3 nitrogen and oxygen atoms in total. The van der Waals surface area contributed by atoms with Crippen LogP contribution in [0.15, 0.2) is 18.2 Å². The Labute approximate surface area is 94.8 Å². The number of rotatable bonds is 5. The van der Waals surface area contributed by atoms with Gasteiger partial charge in [0.1, 0.15) is 5.75 Å². The molecule has 3 N–H and O–H groups in total. The Morgan fingerprint density at radius 2 is 2.27 bits per heavy atom. The lowest BCUT2D eigenvalue weighted by Crippen LogP contribution is -2.07. The molecule has 4 heteroatoms. The first-order valence-corrected chi connectivity index (χ1v) is 5.30. The molecule has 1 unspecified atom stereocenters. The summed E-state index contributed by atoms with van der Waals surface area (Å²) in [4.78, 5) is 0. The molecule has 0 aromatic heterocycles. The number of hydrogen-bond donors (Lipinski definition) is 2. The summed E-state index contributed by atoms with van der Waals surface area (Å²) >= 11 is 5.98. The molecule has 0 radical (unpaired) electrons. The van der Waals surface area contributed by atoms with Crippen LogP contribution in [0.1, 0.15) is 18.9 Å². The Morgan fingerprint density at radius 1 is 1.53 bits per heavy atom. The molecule has 0 fully saturated rings. The summed E-state index contributed by atoms with van der Waals surface area (Å²) in [5.74, 6) is 0.634. The van der Waals surface area contributed by atoms with E-state index in [0.29, 0.717) is 30.3 Å². The van der Waals surface area contributed by atoms with Crippen LogP contribution in [0.4, 0.5) is 0 Å². The number of nitrogens with two attached hydrogens (primary N) is 1. The molecule has 0 saturated carbocycles. The number of ether oxygens (including phenoxy) is 1. The van der Waals surface area contributed by atoms with Crippen molar-refractivity contribution in [3.63, 3.8) is 0 Å². The average Bonchev–Trinajstić information content (AvgIpc) is 2.20. The van der Waals surface area contributed by atoms with Gasteiger partial charge in [-0.3, -0.25) is 0 Å². The third-order valence-electron chi connectivity index (χ3n) is 2.03. The summed E-state index contributed by atoms with van der Waals surface area (Å²) in [6.07, 6.45) is 0.238. The third-order valence-corrected chi connectivity index (χ3v) is 2.32. The van der Waals surface area contributed by atoms with Crippen molar-refractivity contribution >= 4 is 11.6 Å². The van der Waals surface area contributed by atoms with E-state index < -0.39 is 0 Å². The van der Waals surface area contributed by atoms with Gasteiger partial charge in [0, 0.05) is 13.0 Å². The maximum absolute atomic E-state index is 9.05. The van der Waals surface area contributed by atoms with Crippen LogP contribution in [-0.2, 0) is 6.54 Å². The summed E-state index contributed by atoms with van der Waals surface area (Å²) in [5, 5.41) is 9.61. The second-order valence-electron chi connectivity index (χ2n) is 3.46. The Bertz CT molecular complexity index is 315. The minimum Gasteiger partial charge on any atom is -0.492 e. The van der Waals surface area contributed by atoms with Crippen molar-refractivity contribution in [2.45, 2.75) is 26.0 Å². The first kappa shape index (κ1) is 12.3. The fraction of sp³-hybridized carbons (Fsp3) is 0.455. The van der Waals surface area contributed by atoms with Crippen LogP contribution in [0.25, 0.3) is 0 Å². The minimum atomic E-state index is -0.355. The monoisotopic (exact) mass is 229 g/mol. The number of aliphatic hydroxyl groups is 1. The molecule has 0 heterocycles. The average molecular weight is 230 g/mol. The van der Waals surface area contributed by atoms with E-state index in [1.165, 1.54) is 0 Å². The normalized spacial score (nSPS) is 12.5. The molecule has 0 aliphatic carbocycles. The van der Waals surface area contributed by atoms with Crippen LogP contribution in [0.2, 0.25) is 5.02 Å². The fourth-order valence-electron chi connectivity index (χ4n) is 1.13. The van der Waals surface area contributed by atoms with Gasteiger partial charge in [0.25, 0.3) is 0 Å². The Hall–Kier alpha value is -0.770. The van der Waals surface area contributed by atoms with Gasteiger partial charge in [0.15, 0.2) is 0 Å². The molecule has 1 aromatic rings. The lowest BCUT2D eigenvalue weighted by Gasteiger charge is -2.09. The molecular weight excluding hydrogens is 214 g/mol.